The van der Waals surface area contributed by atoms with Crippen molar-refractivity contribution in [1.82, 2.24) is 15.2 Å². The van der Waals surface area contributed by atoms with Gasteiger partial charge in [-0.25, -0.2) is 4.98 Å². The minimum Gasteiger partial charge on any atom is -0.314 e. The lowest BCUT2D eigenvalue weighted by Gasteiger charge is -2.36. The Morgan fingerprint density at radius 2 is 2.00 bits per heavy atom. The number of aromatic nitrogens is 1. The Hall–Kier alpha value is -0.940. The minimum absolute atomic E-state index is 0. The number of aryl methyl sites for hydroxylation is 2. The van der Waals surface area contributed by atoms with Gasteiger partial charge in [0.1, 0.15) is 0 Å². The molecule has 1 aliphatic heterocycles. The Labute approximate surface area is 149 Å². The van der Waals surface area contributed by atoms with Crippen molar-refractivity contribution in [2.24, 2.45) is 0 Å². The Kier molecular flexibility index (Phi) is 7.03. The smallest absolute Gasteiger partial charge is 0.0926 e. The first-order chi connectivity index (χ1) is 10.8. The first kappa shape index (κ1) is 18.4. The van der Waals surface area contributed by atoms with Gasteiger partial charge in [-0.1, -0.05) is 38.1 Å². The van der Waals surface area contributed by atoms with Crippen molar-refractivity contribution >= 4 is 23.7 Å². The van der Waals surface area contributed by atoms with E-state index < -0.39 is 0 Å². The van der Waals surface area contributed by atoms with Crippen molar-refractivity contribution in [1.29, 1.82) is 0 Å². The van der Waals surface area contributed by atoms with E-state index in [1.165, 1.54) is 21.8 Å². The summed E-state index contributed by atoms with van der Waals surface area (Å²) >= 11 is 1.79. The molecule has 1 saturated heterocycles. The lowest BCUT2D eigenvalue weighted by atomic mass is 10.0. The molecule has 0 spiro atoms. The summed E-state index contributed by atoms with van der Waals surface area (Å²) in [6, 6.07) is 9.57. The van der Waals surface area contributed by atoms with Gasteiger partial charge in [-0.3, -0.25) is 4.90 Å². The van der Waals surface area contributed by atoms with E-state index in [4.69, 9.17) is 4.98 Å². The molecule has 126 valence electrons. The molecule has 0 radical (unpaired) electrons. The van der Waals surface area contributed by atoms with Crippen molar-refractivity contribution in [2.75, 3.05) is 19.6 Å². The highest BCUT2D eigenvalue weighted by Gasteiger charge is 2.24. The molecule has 2 aromatic rings. The monoisotopic (exact) mass is 351 g/mol. The fourth-order valence-electron chi connectivity index (χ4n) is 3.03. The van der Waals surface area contributed by atoms with Crippen LogP contribution in [0.2, 0.25) is 0 Å². The van der Waals surface area contributed by atoms with E-state index in [-0.39, 0.29) is 12.4 Å². The highest BCUT2D eigenvalue weighted by molar-refractivity contribution is 7.09. The van der Waals surface area contributed by atoms with Gasteiger partial charge in [-0.2, -0.15) is 0 Å². The summed E-state index contributed by atoms with van der Waals surface area (Å²) in [4.78, 5) is 7.30. The number of piperazine rings is 1. The van der Waals surface area contributed by atoms with Crippen LogP contribution >= 0.6 is 23.7 Å². The third-order valence-corrected chi connectivity index (χ3v) is 5.44. The van der Waals surface area contributed by atoms with E-state index in [0.29, 0.717) is 6.04 Å². The number of benzene rings is 1. The highest BCUT2D eigenvalue weighted by atomic mass is 35.5. The van der Waals surface area contributed by atoms with Crippen LogP contribution in [0.15, 0.2) is 29.6 Å². The molecule has 3 nitrogen and oxygen atoms in total. The first-order valence-corrected chi connectivity index (χ1v) is 9.15. The Balaban J connectivity index is 0.00000192. The largest absolute Gasteiger partial charge is 0.314 e. The maximum Gasteiger partial charge on any atom is 0.0926 e. The molecule has 3 rings (SSSR count). The zero-order valence-corrected chi connectivity index (χ0v) is 15.6. The topological polar surface area (TPSA) is 28.2 Å². The highest BCUT2D eigenvalue weighted by Crippen LogP contribution is 2.25. The van der Waals surface area contributed by atoms with Crippen LogP contribution in [0.1, 0.15) is 41.7 Å². The molecule has 1 N–H and O–H groups in total. The number of nitrogens with zero attached hydrogens (tertiary/aromatic N) is 2. The van der Waals surface area contributed by atoms with Gasteiger partial charge in [0.15, 0.2) is 0 Å². The quantitative estimate of drug-likeness (QED) is 0.887. The predicted molar refractivity (Wildman–Crippen MR) is 101 cm³/mol. The van der Waals surface area contributed by atoms with E-state index in [1.807, 2.05) is 0 Å². The molecule has 0 saturated carbocycles. The number of thiazole rings is 1. The Bertz CT molecular complexity index is 597. The van der Waals surface area contributed by atoms with Crippen LogP contribution in [0, 0.1) is 0 Å². The summed E-state index contributed by atoms with van der Waals surface area (Å²) in [5.41, 5.74) is 4.04. The molecule has 1 aromatic heterocycles. The molecule has 1 fully saturated rings. The molecular formula is C18H26ClN3S. The zero-order valence-electron chi connectivity index (χ0n) is 13.9. The number of rotatable bonds is 5. The minimum atomic E-state index is 0. The van der Waals surface area contributed by atoms with Crippen LogP contribution in [0.3, 0.4) is 0 Å². The summed E-state index contributed by atoms with van der Waals surface area (Å²) in [6.07, 6.45) is 2.14. The number of halogens is 1. The molecule has 1 aromatic carbocycles. The molecular weight excluding hydrogens is 326 g/mol. The molecule has 0 bridgehead atoms. The standard InChI is InChI=1S/C18H25N3S.ClH/c1-3-14-5-7-15(8-6-14)17-11-19-9-10-21(17)12-16-13-22-18(4-2)20-16;/h5-8,13,17,19H,3-4,9-12H2,1-2H3;1H. The fraction of sp³-hybridized carbons (Fsp3) is 0.500. The van der Waals surface area contributed by atoms with Gasteiger partial charge in [0, 0.05) is 37.6 Å². The number of hydrogen-bond donors (Lipinski definition) is 1. The van der Waals surface area contributed by atoms with Gasteiger partial charge < -0.3 is 5.32 Å². The van der Waals surface area contributed by atoms with Crippen LogP contribution in [-0.4, -0.2) is 29.5 Å². The normalized spacial score (nSPS) is 18.6. The van der Waals surface area contributed by atoms with E-state index >= 15 is 0 Å². The number of hydrogen-bond acceptors (Lipinski definition) is 4. The molecule has 2 heterocycles. The lowest BCUT2D eigenvalue weighted by molar-refractivity contribution is 0.152. The summed E-state index contributed by atoms with van der Waals surface area (Å²) in [7, 11) is 0. The average Bonchev–Trinajstić information content (AvgIpc) is 3.03. The second-order valence-electron chi connectivity index (χ2n) is 5.87. The maximum absolute atomic E-state index is 4.73. The second-order valence-corrected chi connectivity index (χ2v) is 6.81. The summed E-state index contributed by atoms with van der Waals surface area (Å²) in [6.45, 7) is 8.50. The van der Waals surface area contributed by atoms with Gasteiger partial charge >= 0.3 is 0 Å². The molecule has 1 atom stereocenters. The van der Waals surface area contributed by atoms with Crippen molar-refractivity contribution < 1.29 is 0 Å². The predicted octanol–water partition coefficient (Wildman–Crippen LogP) is 3.84. The van der Waals surface area contributed by atoms with Crippen molar-refractivity contribution in [2.45, 2.75) is 39.3 Å². The zero-order chi connectivity index (χ0) is 15.4. The average molecular weight is 352 g/mol. The van der Waals surface area contributed by atoms with Gasteiger partial charge in [-0.05, 0) is 24.0 Å². The van der Waals surface area contributed by atoms with Gasteiger partial charge in [0.2, 0.25) is 0 Å². The first-order valence-electron chi connectivity index (χ1n) is 8.27. The Morgan fingerprint density at radius 1 is 1.22 bits per heavy atom. The van der Waals surface area contributed by atoms with E-state index in [2.05, 4.69) is 53.7 Å². The molecule has 0 aliphatic carbocycles. The van der Waals surface area contributed by atoms with Crippen LogP contribution in [0.4, 0.5) is 0 Å². The fourth-order valence-corrected chi connectivity index (χ4v) is 3.77. The van der Waals surface area contributed by atoms with Gasteiger partial charge in [0.05, 0.1) is 10.7 Å². The second kappa shape index (κ2) is 8.78. The van der Waals surface area contributed by atoms with Gasteiger partial charge in [0.25, 0.3) is 0 Å². The van der Waals surface area contributed by atoms with Crippen LogP contribution in [0.5, 0.6) is 0 Å². The van der Waals surface area contributed by atoms with Crippen molar-refractivity contribution in [3.8, 4) is 0 Å². The molecule has 1 aliphatic rings. The van der Waals surface area contributed by atoms with Crippen LogP contribution in [0.25, 0.3) is 0 Å². The third kappa shape index (κ3) is 4.54. The summed E-state index contributed by atoms with van der Waals surface area (Å²) in [5, 5.41) is 7.00. The molecule has 5 heteroatoms. The van der Waals surface area contributed by atoms with E-state index in [0.717, 1.165) is 39.0 Å². The molecule has 23 heavy (non-hydrogen) atoms. The van der Waals surface area contributed by atoms with E-state index in [1.54, 1.807) is 11.3 Å². The third-order valence-electron chi connectivity index (χ3n) is 4.39. The number of nitrogens with one attached hydrogen (secondary N) is 1. The van der Waals surface area contributed by atoms with Gasteiger partial charge in [-0.15, -0.1) is 23.7 Å². The molecule has 1 unspecified atom stereocenters. The Morgan fingerprint density at radius 3 is 2.65 bits per heavy atom. The van der Waals surface area contributed by atoms with Crippen LogP contribution < -0.4 is 5.32 Å². The van der Waals surface area contributed by atoms with Crippen molar-refractivity contribution in [3.63, 3.8) is 0 Å². The summed E-state index contributed by atoms with van der Waals surface area (Å²) in [5.74, 6) is 0. The SMILES string of the molecule is CCc1ccc(C2CNCCN2Cc2csc(CC)n2)cc1.Cl. The maximum atomic E-state index is 4.73. The lowest BCUT2D eigenvalue weighted by Crippen LogP contribution is -2.45. The van der Waals surface area contributed by atoms with Crippen LogP contribution in [-0.2, 0) is 19.4 Å². The molecule has 0 amide bonds. The van der Waals surface area contributed by atoms with Crippen molar-refractivity contribution in [3.05, 3.63) is 51.5 Å². The summed E-state index contributed by atoms with van der Waals surface area (Å²) < 4.78 is 0. The van der Waals surface area contributed by atoms with E-state index in [9.17, 15) is 0 Å².